The lowest BCUT2D eigenvalue weighted by molar-refractivity contribution is 0.594. The van der Waals surface area contributed by atoms with Crippen molar-refractivity contribution in [2.45, 2.75) is 5.38 Å². The standard InChI is InChI=1S/C13H6Br2Cl2F2/c14-7-2-1-3-10(18)12(7)13(17)6-4-9(16)8(15)5-11(6)19/h1-5,13H. The number of hydrogen-bond donors (Lipinski definition) is 0. The maximum atomic E-state index is 13.9. The van der Waals surface area contributed by atoms with E-state index in [1.807, 2.05) is 0 Å². The van der Waals surface area contributed by atoms with Crippen molar-refractivity contribution in [2.24, 2.45) is 0 Å². The molecule has 0 N–H and O–H groups in total. The van der Waals surface area contributed by atoms with E-state index in [0.717, 1.165) is 0 Å². The molecule has 0 nitrogen and oxygen atoms in total. The molecule has 0 aliphatic heterocycles. The average Bonchev–Trinajstić information content (AvgIpc) is 2.33. The van der Waals surface area contributed by atoms with Gasteiger partial charge in [0.1, 0.15) is 11.6 Å². The first kappa shape index (κ1) is 15.2. The molecule has 6 heteroatoms. The van der Waals surface area contributed by atoms with Gasteiger partial charge in [-0.05, 0) is 40.2 Å². The summed E-state index contributed by atoms with van der Waals surface area (Å²) in [6.45, 7) is 0. The highest BCUT2D eigenvalue weighted by atomic mass is 79.9. The molecule has 1 unspecified atom stereocenters. The molecule has 0 aliphatic rings. The van der Waals surface area contributed by atoms with Crippen molar-refractivity contribution in [1.82, 2.24) is 0 Å². The van der Waals surface area contributed by atoms with E-state index in [1.165, 1.54) is 24.3 Å². The molecule has 0 saturated carbocycles. The minimum absolute atomic E-state index is 0.126. The van der Waals surface area contributed by atoms with Crippen LogP contribution >= 0.6 is 55.1 Å². The first-order chi connectivity index (χ1) is 8.91. The lowest BCUT2D eigenvalue weighted by Crippen LogP contribution is -2.01. The van der Waals surface area contributed by atoms with Crippen molar-refractivity contribution in [2.75, 3.05) is 0 Å². The zero-order valence-corrected chi connectivity index (χ0v) is 13.9. The minimum Gasteiger partial charge on any atom is -0.207 e. The molecule has 0 spiro atoms. The molecule has 0 amide bonds. The number of alkyl halides is 1. The third kappa shape index (κ3) is 3.13. The summed E-state index contributed by atoms with van der Waals surface area (Å²) in [5.41, 5.74) is 0.308. The Bertz CT molecular complexity index is 612. The Balaban J connectivity index is 2.56. The highest BCUT2D eigenvalue weighted by Gasteiger charge is 2.22. The highest BCUT2D eigenvalue weighted by Crippen LogP contribution is 2.39. The van der Waals surface area contributed by atoms with Crippen LogP contribution in [0, 0.1) is 11.6 Å². The maximum absolute atomic E-state index is 13.9. The van der Waals surface area contributed by atoms with Crippen LogP contribution in [-0.2, 0) is 0 Å². The van der Waals surface area contributed by atoms with Crippen molar-refractivity contribution >= 4 is 55.1 Å². The summed E-state index contributed by atoms with van der Waals surface area (Å²) in [5, 5.41) is -0.657. The van der Waals surface area contributed by atoms with E-state index in [2.05, 4.69) is 31.9 Å². The van der Waals surface area contributed by atoms with Crippen LogP contribution in [0.25, 0.3) is 0 Å². The van der Waals surface area contributed by atoms with Crippen molar-refractivity contribution in [3.63, 3.8) is 0 Å². The Morgan fingerprint density at radius 1 is 1.00 bits per heavy atom. The Morgan fingerprint density at radius 3 is 2.32 bits per heavy atom. The van der Waals surface area contributed by atoms with E-state index in [9.17, 15) is 8.78 Å². The van der Waals surface area contributed by atoms with Crippen LogP contribution in [0.5, 0.6) is 0 Å². The smallest absolute Gasteiger partial charge is 0.129 e. The van der Waals surface area contributed by atoms with E-state index >= 15 is 0 Å². The first-order valence-corrected chi connectivity index (χ1v) is 7.54. The molecule has 100 valence electrons. The van der Waals surface area contributed by atoms with Crippen molar-refractivity contribution < 1.29 is 8.78 Å². The summed E-state index contributed by atoms with van der Waals surface area (Å²) in [6, 6.07) is 7.05. The van der Waals surface area contributed by atoms with E-state index < -0.39 is 17.0 Å². The Labute approximate surface area is 136 Å². The summed E-state index contributed by atoms with van der Waals surface area (Å²) in [4.78, 5) is 0. The molecule has 0 saturated heterocycles. The Morgan fingerprint density at radius 2 is 1.68 bits per heavy atom. The molecule has 0 radical (unpaired) electrons. The zero-order chi connectivity index (χ0) is 14.2. The van der Waals surface area contributed by atoms with E-state index in [-0.39, 0.29) is 11.1 Å². The molecule has 2 aromatic carbocycles. The normalized spacial score (nSPS) is 12.5. The zero-order valence-electron chi connectivity index (χ0n) is 9.23. The van der Waals surface area contributed by atoms with Gasteiger partial charge >= 0.3 is 0 Å². The quantitative estimate of drug-likeness (QED) is 0.378. The monoisotopic (exact) mass is 428 g/mol. The molecular formula is C13H6Br2Cl2F2. The van der Waals surface area contributed by atoms with Crippen molar-refractivity contribution in [3.05, 3.63) is 67.1 Å². The number of hydrogen-bond acceptors (Lipinski definition) is 0. The van der Waals surface area contributed by atoms with E-state index in [4.69, 9.17) is 23.2 Å². The fraction of sp³-hybridized carbons (Fsp3) is 0.0769. The van der Waals surface area contributed by atoms with E-state index in [1.54, 1.807) is 6.07 Å². The van der Waals surface area contributed by atoms with Crippen LogP contribution in [0.15, 0.2) is 39.3 Å². The van der Waals surface area contributed by atoms with Gasteiger partial charge in [-0.25, -0.2) is 8.78 Å². The van der Waals surface area contributed by atoms with Gasteiger partial charge in [0.25, 0.3) is 0 Å². The molecule has 19 heavy (non-hydrogen) atoms. The Kier molecular flexibility index (Phi) is 4.88. The lowest BCUT2D eigenvalue weighted by atomic mass is 10.0. The third-order valence-corrected chi connectivity index (χ3v) is 4.91. The second-order valence-corrected chi connectivity index (χ2v) is 6.34. The number of rotatable bonds is 2. The molecule has 2 rings (SSSR count). The molecule has 0 bridgehead atoms. The van der Waals surface area contributed by atoms with Crippen LogP contribution < -0.4 is 0 Å². The molecule has 0 fully saturated rings. The van der Waals surface area contributed by atoms with Gasteiger partial charge in [0.05, 0.1) is 10.4 Å². The molecule has 0 aromatic heterocycles. The van der Waals surface area contributed by atoms with Gasteiger partial charge in [0, 0.05) is 20.1 Å². The summed E-state index contributed by atoms with van der Waals surface area (Å²) < 4.78 is 28.6. The van der Waals surface area contributed by atoms with Crippen molar-refractivity contribution in [3.8, 4) is 0 Å². The summed E-state index contributed by atoms with van der Waals surface area (Å²) in [5.74, 6) is -1.06. The average molecular weight is 431 g/mol. The van der Waals surface area contributed by atoms with Gasteiger partial charge in [-0.15, -0.1) is 11.6 Å². The number of halogens is 6. The SMILES string of the molecule is Fc1cc(Br)c(Cl)cc1C(Cl)c1c(F)cccc1Br. The first-order valence-electron chi connectivity index (χ1n) is 5.14. The van der Waals surface area contributed by atoms with Gasteiger partial charge in [-0.2, -0.15) is 0 Å². The Hall–Kier alpha value is -0.160. The van der Waals surface area contributed by atoms with E-state index in [0.29, 0.717) is 14.0 Å². The maximum Gasteiger partial charge on any atom is 0.129 e. The van der Waals surface area contributed by atoms with Gasteiger partial charge in [-0.3, -0.25) is 0 Å². The largest absolute Gasteiger partial charge is 0.207 e. The molecule has 2 aromatic rings. The molecular weight excluding hydrogens is 425 g/mol. The topological polar surface area (TPSA) is 0 Å². The fourth-order valence-electron chi connectivity index (χ4n) is 1.64. The van der Waals surface area contributed by atoms with Crippen molar-refractivity contribution in [1.29, 1.82) is 0 Å². The van der Waals surface area contributed by atoms with Gasteiger partial charge in [0.15, 0.2) is 0 Å². The van der Waals surface area contributed by atoms with Gasteiger partial charge in [0.2, 0.25) is 0 Å². The third-order valence-electron chi connectivity index (χ3n) is 2.57. The predicted molar refractivity (Wildman–Crippen MR) is 80.9 cm³/mol. The lowest BCUT2D eigenvalue weighted by Gasteiger charge is -2.15. The van der Waals surface area contributed by atoms with Crippen LogP contribution in [0.1, 0.15) is 16.5 Å². The van der Waals surface area contributed by atoms with Crippen LogP contribution in [-0.4, -0.2) is 0 Å². The molecule has 1 atom stereocenters. The number of benzene rings is 2. The van der Waals surface area contributed by atoms with Crippen LogP contribution in [0.2, 0.25) is 5.02 Å². The summed E-state index contributed by atoms with van der Waals surface area (Å²) >= 11 is 18.4. The van der Waals surface area contributed by atoms with Crippen LogP contribution in [0.3, 0.4) is 0 Å². The highest BCUT2D eigenvalue weighted by molar-refractivity contribution is 9.10. The van der Waals surface area contributed by atoms with Gasteiger partial charge < -0.3 is 0 Å². The summed E-state index contributed by atoms with van der Waals surface area (Å²) in [6.07, 6.45) is 0. The summed E-state index contributed by atoms with van der Waals surface area (Å²) in [7, 11) is 0. The fourth-order valence-corrected chi connectivity index (χ4v) is 3.22. The second-order valence-electron chi connectivity index (χ2n) is 3.79. The second kappa shape index (κ2) is 6.08. The van der Waals surface area contributed by atoms with Gasteiger partial charge in [-0.1, -0.05) is 33.6 Å². The minimum atomic E-state index is -0.971. The molecule has 0 aliphatic carbocycles. The predicted octanol–water partition coefficient (Wildman–Crippen LogP) is 6.47. The van der Waals surface area contributed by atoms with Crippen LogP contribution in [0.4, 0.5) is 8.78 Å². The molecule has 0 heterocycles.